The topological polar surface area (TPSA) is 55.8 Å². The number of halogens is 1. The van der Waals surface area contributed by atoms with Gasteiger partial charge in [-0.3, -0.25) is 9.59 Å². The molecular weight excluding hydrogens is 386 g/mol. The summed E-state index contributed by atoms with van der Waals surface area (Å²) in [5.41, 5.74) is 1.15. The monoisotopic (exact) mass is 403 g/mol. The standard InChI is InChI=1S/C20H18ClNO4S/c1-12(2)26-18-13(5-4-6-16(18)25-3)11-17-19(23)22(20(24)27-17)15-9-7-14(21)8-10-15/h4-12H,1-3H3/b17-11+. The van der Waals surface area contributed by atoms with Crippen molar-refractivity contribution in [3.63, 3.8) is 0 Å². The van der Waals surface area contributed by atoms with Crippen LogP contribution >= 0.6 is 23.4 Å². The summed E-state index contributed by atoms with van der Waals surface area (Å²) in [5.74, 6) is 0.716. The number of imide groups is 1. The summed E-state index contributed by atoms with van der Waals surface area (Å²) in [5, 5.41) is 0.177. The number of methoxy groups -OCH3 is 1. The Bertz CT molecular complexity index is 909. The van der Waals surface area contributed by atoms with Gasteiger partial charge in [-0.1, -0.05) is 23.7 Å². The fourth-order valence-corrected chi connectivity index (χ4v) is 3.55. The van der Waals surface area contributed by atoms with Gasteiger partial charge in [-0.2, -0.15) is 0 Å². The fraction of sp³-hybridized carbons (Fsp3) is 0.200. The maximum atomic E-state index is 12.8. The Balaban J connectivity index is 1.98. The predicted molar refractivity (Wildman–Crippen MR) is 109 cm³/mol. The minimum Gasteiger partial charge on any atom is -0.493 e. The third kappa shape index (κ3) is 4.12. The molecule has 3 rings (SSSR count). The van der Waals surface area contributed by atoms with Crippen LogP contribution in [-0.2, 0) is 4.79 Å². The maximum Gasteiger partial charge on any atom is 0.298 e. The van der Waals surface area contributed by atoms with E-state index in [1.165, 1.54) is 0 Å². The highest BCUT2D eigenvalue weighted by atomic mass is 35.5. The number of anilines is 1. The van der Waals surface area contributed by atoms with Crippen LogP contribution < -0.4 is 14.4 Å². The lowest BCUT2D eigenvalue weighted by Crippen LogP contribution is -2.27. The number of rotatable bonds is 5. The Morgan fingerprint density at radius 1 is 1.11 bits per heavy atom. The zero-order valence-electron chi connectivity index (χ0n) is 15.1. The lowest BCUT2D eigenvalue weighted by molar-refractivity contribution is -0.113. The van der Waals surface area contributed by atoms with Crippen molar-refractivity contribution in [3.8, 4) is 11.5 Å². The zero-order chi connectivity index (χ0) is 19.6. The van der Waals surface area contributed by atoms with Gasteiger partial charge in [0, 0.05) is 10.6 Å². The van der Waals surface area contributed by atoms with Crippen molar-refractivity contribution >= 4 is 46.3 Å². The number of carbonyl (C=O) groups is 2. The van der Waals surface area contributed by atoms with E-state index in [9.17, 15) is 9.59 Å². The molecule has 2 aromatic rings. The van der Waals surface area contributed by atoms with Gasteiger partial charge in [0.2, 0.25) is 0 Å². The highest BCUT2D eigenvalue weighted by Crippen LogP contribution is 2.39. The number of hydrogen-bond acceptors (Lipinski definition) is 5. The summed E-state index contributed by atoms with van der Waals surface area (Å²) < 4.78 is 11.2. The van der Waals surface area contributed by atoms with Crippen molar-refractivity contribution < 1.29 is 19.1 Å². The predicted octanol–water partition coefficient (Wildman–Crippen LogP) is 5.38. The quantitative estimate of drug-likeness (QED) is 0.627. The Kier molecular flexibility index (Phi) is 5.77. The molecule has 2 aromatic carbocycles. The Morgan fingerprint density at radius 3 is 2.44 bits per heavy atom. The van der Waals surface area contributed by atoms with Crippen LogP contribution in [0.5, 0.6) is 11.5 Å². The molecule has 1 fully saturated rings. The average molecular weight is 404 g/mol. The van der Waals surface area contributed by atoms with E-state index in [2.05, 4.69) is 0 Å². The number of para-hydroxylation sites is 1. The van der Waals surface area contributed by atoms with Crippen LogP contribution in [0, 0.1) is 0 Å². The van der Waals surface area contributed by atoms with Gasteiger partial charge in [0.15, 0.2) is 11.5 Å². The number of carbonyl (C=O) groups excluding carboxylic acids is 2. The van der Waals surface area contributed by atoms with E-state index < -0.39 is 0 Å². The van der Waals surface area contributed by atoms with Crippen LogP contribution in [0.3, 0.4) is 0 Å². The molecule has 0 radical (unpaired) electrons. The second-order valence-corrected chi connectivity index (χ2v) is 7.47. The first-order valence-electron chi connectivity index (χ1n) is 8.28. The van der Waals surface area contributed by atoms with Crippen LogP contribution in [-0.4, -0.2) is 24.4 Å². The van der Waals surface area contributed by atoms with E-state index in [1.807, 2.05) is 19.9 Å². The summed E-state index contributed by atoms with van der Waals surface area (Å²) >= 11 is 6.77. The second-order valence-electron chi connectivity index (χ2n) is 6.04. The van der Waals surface area contributed by atoms with E-state index in [0.717, 1.165) is 16.7 Å². The molecule has 27 heavy (non-hydrogen) atoms. The molecule has 1 aliphatic rings. The van der Waals surface area contributed by atoms with Gasteiger partial charge in [0.1, 0.15) is 0 Å². The van der Waals surface area contributed by atoms with Gasteiger partial charge >= 0.3 is 0 Å². The lowest BCUT2D eigenvalue weighted by Gasteiger charge is -2.16. The molecule has 0 spiro atoms. The molecule has 140 valence electrons. The van der Waals surface area contributed by atoms with Crippen LogP contribution in [0.4, 0.5) is 10.5 Å². The van der Waals surface area contributed by atoms with Crippen molar-refractivity contribution in [2.45, 2.75) is 20.0 Å². The van der Waals surface area contributed by atoms with Crippen LogP contribution in [0.1, 0.15) is 19.4 Å². The minimum absolute atomic E-state index is 0.0717. The van der Waals surface area contributed by atoms with Crippen molar-refractivity contribution in [2.24, 2.45) is 0 Å². The van der Waals surface area contributed by atoms with E-state index in [-0.39, 0.29) is 17.3 Å². The summed E-state index contributed by atoms with van der Waals surface area (Å²) in [4.78, 5) is 26.7. The minimum atomic E-state index is -0.384. The SMILES string of the molecule is COc1cccc(/C=C2/SC(=O)N(c3ccc(Cl)cc3)C2=O)c1OC(C)C. The largest absolute Gasteiger partial charge is 0.493 e. The molecule has 5 nitrogen and oxygen atoms in total. The first-order valence-corrected chi connectivity index (χ1v) is 9.47. The Morgan fingerprint density at radius 2 is 1.81 bits per heavy atom. The van der Waals surface area contributed by atoms with Crippen LogP contribution in [0.2, 0.25) is 5.02 Å². The molecule has 1 heterocycles. The van der Waals surface area contributed by atoms with Crippen LogP contribution in [0.15, 0.2) is 47.4 Å². The number of amides is 2. The third-order valence-corrected chi connectivity index (χ3v) is 4.87. The summed E-state index contributed by atoms with van der Waals surface area (Å²) in [7, 11) is 1.56. The Labute approximate surface area is 166 Å². The smallest absolute Gasteiger partial charge is 0.298 e. The number of thioether (sulfide) groups is 1. The van der Waals surface area contributed by atoms with E-state index in [0.29, 0.717) is 32.7 Å². The molecule has 0 N–H and O–H groups in total. The second kappa shape index (κ2) is 8.06. The molecule has 1 saturated heterocycles. The van der Waals surface area contributed by atoms with Crippen molar-refractivity contribution in [2.75, 3.05) is 12.0 Å². The molecular formula is C20H18ClNO4S. The van der Waals surface area contributed by atoms with Gasteiger partial charge in [0.25, 0.3) is 11.1 Å². The van der Waals surface area contributed by atoms with Crippen LogP contribution in [0.25, 0.3) is 6.08 Å². The lowest BCUT2D eigenvalue weighted by atomic mass is 10.1. The summed E-state index contributed by atoms with van der Waals surface area (Å²) in [6, 6.07) is 12.0. The molecule has 0 saturated carbocycles. The van der Waals surface area contributed by atoms with Gasteiger partial charge < -0.3 is 9.47 Å². The zero-order valence-corrected chi connectivity index (χ0v) is 16.6. The number of ether oxygens (including phenoxy) is 2. The van der Waals surface area contributed by atoms with E-state index in [1.54, 1.807) is 49.6 Å². The molecule has 7 heteroatoms. The van der Waals surface area contributed by atoms with Gasteiger partial charge in [-0.15, -0.1) is 0 Å². The molecule has 1 aliphatic heterocycles. The van der Waals surface area contributed by atoms with E-state index in [4.69, 9.17) is 21.1 Å². The van der Waals surface area contributed by atoms with Gasteiger partial charge in [0.05, 0.1) is 23.8 Å². The van der Waals surface area contributed by atoms with Crippen molar-refractivity contribution in [1.29, 1.82) is 0 Å². The van der Waals surface area contributed by atoms with Gasteiger partial charge in [-0.25, -0.2) is 4.90 Å². The first kappa shape index (κ1) is 19.3. The number of hydrogen-bond donors (Lipinski definition) is 0. The summed E-state index contributed by atoms with van der Waals surface area (Å²) in [6.07, 6.45) is 1.58. The average Bonchev–Trinajstić information content (AvgIpc) is 2.90. The molecule has 2 amide bonds. The fourth-order valence-electron chi connectivity index (χ4n) is 2.59. The molecule has 0 atom stereocenters. The molecule has 0 unspecified atom stereocenters. The van der Waals surface area contributed by atoms with Gasteiger partial charge in [-0.05, 0) is 62.0 Å². The van der Waals surface area contributed by atoms with Crippen molar-refractivity contribution in [1.82, 2.24) is 0 Å². The Hall–Kier alpha value is -2.44. The molecule has 0 aromatic heterocycles. The first-order chi connectivity index (χ1) is 12.9. The molecule has 0 bridgehead atoms. The van der Waals surface area contributed by atoms with Crippen molar-refractivity contribution in [3.05, 3.63) is 58.0 Å². The maximum absolute atomic E-state index is 12.8. The van der Waals surface area contributed by atoms with E-state index >= 15 is 0 Å². The normalized spacial score (nSPS) is 15.7. The summed E-state index contributed by atoms with van der Waals surface area (Å²) in [6.45, 7) is 3.81. The highest BCUT2D eigenvalue weighted by molar-refractivity contribution is 8.19. The number of benzene rings is 2. The highest BCUT2D eigenvalue weighted by Gasteiger charge is 2.36. The number of nitrogens with zero attached hydrogens (tertiary/aromatic N) is 1. The molecule has 0 aliphatic carbocycles. The third-order valence-electron chi connectivity index (χ3n) is 3.75.